The first-order chi connectivity index (χ1) is 11.6. The molecule has 1 heterocycles. The number of alkyl halides is 3. The molecule has 2 aromatic rings. The first-order valence-corrected chi connectivity index (χ1v) is 8.34. The highest BCUT2D eigenvalue weighted by Crippen LogP contribution is 2.34. The summed E-state index contributed by atoms with van der Waals surface area (Å²) in [5.74, 6) is -1.97. The van der Waals surface area contributed by atoms with Crippen LogP contribution in [0.1, 0.15) is 33.3 Å². The largest absolute Gasteiger partial charge is 0.426 e. The van der Waals surface area contributed by atoms with Gasteiger partial charge in [0, 0.05) is 16.0 Å². The van der Waals surface area contributed by atoms with Gasteiger partial charge < -0.3 is 10.4 Å². The van der Waals surface area contributed by atoms with E-state index >= 15 is 0 Å². The molecule has 0 saturated heterocycles. The monoisotopic (exact) mass is 369 g/mol. The van der Waals surface area contributed by atoms with Crippen LogP contribution in [0.15, 0.2) is 29.6 Å². The van der Waals surface area contributed by atoms with E-state index in [0.29, 0.717) is 30.9 Å². The van der Waals surface area contributed by atoms with Crippen LogP contribution in [-0.4, -0.2) is 28.6 Å². The summed E-state index contributed by atoms with van der Waals surface area (Å²) in [4.78, 5) is 25.7. The van der Waals surface area contributed by atoms with Crippen molar-refractivity contribution >= 4 is 28.7 Å². The molecule has 132 valence electrons. The molecule has 3 rings (SSSR count). The SMILES string of the molecule is CC(O)(C(=O)Nc1cccc2c1C(=O)c1ccsc1CC2)C(F)(F)F. The quantitative estimate of drug-likeness (QED) is 0.853. The molecule has 25 heavy (non-hydrogen) atoms. The zero-order valence-corrected chi connectivity index (χ0v) is 13.9. The number of aliphatic hydroxyl groups is 1. The van der Waals surface area contributed by atoms with Gasteiger partial charge in [-0.3, -0.25) is 9.59 Å². The molecule has 1 unspecified atom stereocenters. The van der Waals surface area contributed by atoms with Crippen molar-refractivity contribution in [1.82, 2.24) is 0 Å². The molecule has 0 aliphatic heterocycles. The van der Waals surface area contributed by atoms with Gasteiger partial charge in [0.2, 0.25) is 5.60 Å². The van der Waals surface area contributed by atoms with Crippen LogP contribution in [0.3, 0.4) is 0 Å². The van der Waals surface area contributed by atoms with E-state index in [1.165, 1.54) is 17.4 Å². The summed E-state index contributed by atoms with van der Waals surface area (Å²) in [6.07, 6.45) is -3.95. The van der Waals surface area contributed by atoms with E-state index in [9.17, 15) is 27.9 Å². The van der Waals surface area contributed by atoms with Gasteiger partial charge in [-0.15, -0.1) is 11.3 Å². The van der Waals surface area contributed by atoms with Gasteiger partial charge in [-0.05, 0) is 42.8 Å². The Morgan fingerprint density at radius 1 is 1.24 bits per heavy atom. The van der Waals surface area contributed by atoms with Gasteiger partial charge >= 0.3 is 6.18 Å². The molecule has 8 heteroatoms. The van der Waals surface area contributed by atoms with Crippen LogP contribution in [0.2, 0.25) is 0 Å². The minimum absolute atomic E-state index is 0.0314. The molecular weight excluding hydrogens is 355 g/mol. The van der Waals surface area contributed by atoms with Crippen LogP contribution in [-0.2, 0) is 17.6 Å². The predicted molar refractivity (Wildman–Crippen MR) is 86.9 cm³/mol. The summed E-state index contributed by atoms with van der Waals surface area (Å²) in [5, 5.41) is 13.4. The number of aryl methyl sites for hydroxylation is 2. The van der Waals surface area contributed by atoms with E-state index in [1.54, 1.807) is 23.6 Å². The summed E-state index contributed by atoms with van der Waals surface area (Å²) in [6, 6.07) is 6.30. The first kappa shape index (κ1) is 17.6. The summed E-state index contributed by atoms with van der Waals surface area (Å²) >= 11 is 1.44. The molecule has 1 aromatic carbocycles. The molecule has 1 atom stereocenters. The lowest BCUT2D eigenvalue weighted by molar-refractivity contribution is -0.242. The van der Waals surface area contributed by atoms with Crippen LogP contribution in [0.4, 0.5) is 18.9 Å². The number of ketones is 1. The smallest absolute Gasteiger partial charge is 0.373 e. The molecule has 1 aliphatic rings. The van der Waals surface area contributed by atoms with Gasteiger partial charge in [0.1, 0.15) is 0 Å². The average Bonchev–Trinajstić information content (AvgIpc) is 2.95. The first-order valence-electron chi connectivity index (χ1n) is 7.46. The number of amides is 1. The Bertz CT molecular complexity index is 855. The van der Waals surface area contributed by atoms with Gasteiger partial charge in [0.05, 0.1) is 5.69 Å². The van der Waals surface area contributed by atoms with Crippen molar-refractivity contribution in [3.63, 3.8) is 0 Å². The maximum atomic E-state index is 12.8. The molecule has 1 amide bonds. The van der Waals surface area contributed by atoms with Gasteiger partial charge in [-0.1, -0.05) is 12.1 Å². The summed E-state index contributed by atoms with van der Waals surface area (Å²) in [6.45, 7) is 0.378. The number of thiophene rings is 1. The summed E-state index contributed by atoms with van der Waals surface area (Å²) in [7, 11) is 0. The molecule has 0 radical (unpaired) electrons. The second kappa shape index (κ2) is 5.96. The molecule has 1 aliphatic carbocycles. The molecule has 0 spiro atoms. The number of benzene rings is 1. The van der Waals surface area contributed by atoms with Gasteiger partial charge in [-0.2, -0.15) is 13.2 Å². The number of fused-ring (bicyclic) bond motifs is 2. The Morgan fingerprint density at radius 3 is 2.64 bits per heavy atom. The second-order valence-corrected chi connectivity index (χ2v) is 6.95. The highest BCUT2D eigenvalue weighted by molar-refractivity contribution is 7.10. The van der Waals surface area contributed by atoms with Crippen molar-refractivity contribution in [2.45, 2.75) is 31.5 Å². The number of rotatable bonds is 2. The zero-order chi connectivity index (χ0) is 18.4. The number of nitrogens with one attached hydrogen (secondary N) is 1. The van der Waals surface area contributed by atoms with Crippen LogP contribution in [0, 0.1) is 0 Å². The van der Waals surface area contributed by atoms with Gasteiger partial charge in [-0.25, -0.2) is 0 Å². The van der Waals surface area contributed by atoms with E-state index in [-0.39, 0.29) is 17.0 Å². The summed E-state index contributed by atoms with van der Waals surface area (Å²) in [5.41, 5.74) is -2.27. The molecule has 0 bridgehead atoms. The van der Waals surface area contributed by atoms with Crippen molar-refractivity contribution < 1.29 is 27.9 Å². The Morgan fingerprint density at radius 2 is 1.96 bits per heavy atom. The molecule has 0 saturated carbocycles. The second-order valence-electron chi connectivity index (χ2n) is 5.95. The van der Waals surface area contributed by atoms with Crippen molar-refractivity contribution in [3.8, 4) is 0 Å². The molecule has 0 fully saturated rings. The van der Waals surface area contributed by atoms with E-state index in [2.05, 4.69) is 5.32 Å². The Kier molecular flexibility index (Phi) is 4.20. The van der Waals surface area contributed by atoms with Crippen LogP contribution in [0.5, 0.6) is 0 Å². The lowest BCUT2D eigenvalue weighted by Crippen LogP contribution is -2.52. The fourth-order valence-electron chi connectivity index (χ4n) is 2.67. The third-order valence-corrected chi connectivity index (χ3v) is 5.21. The lowest BCUT2D eigenvalue weighted by atomic mass is 9.97. The van der Waals surface area contributed by atoms with E-state index in [1.807, 2.05) is 0 Å². The Hall–Kier alpha value is -2.19. The van der Waals surface area contributed by atoms with Crippen molar-refractivity contribution in [2.75, 3.05) is 5.32 Å². The molecule has 2 N–H and O–H groups in total. The fourth-order valence-corrected chi connectivity index (χ4v) is 3.55. The van der Waals surface area contributed by atoms with E-state index in [0.717, 1.165) is 4.88 Å². The third kappa shape index (κ3) is 2.96. The minimum Gasteiger partial charge on any atom is -0.373 e. The van der Waals surface area contributed by atoms with Gasteiger partial charge in [0.25, 0.3) is 5.91 Å². The maximum Gasteiger partial charge on any atom is 0.426 e. The zero-order valence-electron chi connectivity index (χ0n) is 13.1. The van der Waals surface area contributed by atoms with Crippen LogP contribution in [0.25, 0.3) is 0 Å². The summed E-state index contributed by atoms with van der Waals surface area (Å²) < 4.78 is 38.5. The minimum atomic E-state index is -5.13. The number of anilines is 1. The lowest BCUT2D eigenvalue weighted by Gasteiger charge is -2.25. The standard InChI is InChI=1S/C17H14F3NO3S/c1-16(24,17(18,19)20)15(23)21-11-4-2-3-9-5-6-12-10(7-8-25-12)14(22)13(9)11/h2-4,7-8,24H,5-6H2,1H3,(H,21,23). The van der Waals surface area contributed by atoms with Crippen LogP contribution < -0.4 is 5.32 Å². The van der Waals surface area contributed by atoms with Crippen LogP contribution >= 0.6 is 11.3 Å². The van der Waals surface area contributed by atoms with Gasteiger partial charge in [0.15, 0.2) is 5.78 Å². The number of carbonyl (C=O) groups excluding carboxylic acids is 2. The molecule has 4 nitrogen and oxygen atoms in total. The predicted octanol–water partition coefficient (Wildman–Crippen LogP) is 3.33. The maximum absolute atomic E-state index is 12.8. The number of hydrogen-bond acceptors (Lipinski definition) is 4. The highest BCUT2D eigenvalue weighted by atomic mass is 32.1. The number of hydrogen-bond donors (Lipinski definition) is 2. The molecular formula is C17H14F3NO3S. The topological polar surface area (TPSA) is 66.4 Å². The third-order valence-electron chi connectivity index (χ3n) is 4.23. The normalized spacial score (nSPS) is 16.4. The molecule has 1 aromatic heterocycles. The Labute approximate surface area is 145 Å². The Balaban J connectivity index is 2.01. The average molecular weight is 369 g/mol. The fraction of sp³-hybridized carbons (Fsp3) is 0.294. The number of halogens is 3. The van der Waals surface area contributed by atoms with E-state index < -0.39 is 17.7 Å². The van der Waals surface area contributed by atoms with Crippen molar-refractivity contribution in [3.05, 3.63) is 51.2 Å². The van der Waals surface area contributed by atoms with Crippen molar-refractivity contribution in [1.29, 1.82) is 0 Å². The highest BCUT2D eigenvalue weighted by Gasteiger charge is 2.55. The van der Waals surface area contributed by atoms with Crippen molar-refractivity contribution in [2.24, 2.45) is 0 Å². The van der Waals surface area contributed by atoms with E-state index in [4.69, 9.17) is 0 Å². The number of carbonyl (C=O) groups is 2.